The van der Waals surface area contributed by atoms with E-state index in [1.807, 2.05) is 39.8 Å². The van der Waals surface area contributed by atoms with Gasteiger partial charge in [-0.15, -0.1) is 0 Å². The lowest BCUT2D eigenvalue weighted by Gasteiger charge is -2.32. The summed E-state index contributed by atoms with van der Waals surface area (Å²) in [6, 6.07) is 10.4. The monoisotopic (exact) mass is 404 g/mol. The maximum atomic E-state index is 9.68. The van der Waals surface area contributed by atoms with Gasteiger partial charge < -0.3 is 14.4 Å². The number of rotatable bonds is 2. The molecule has 0 saturated carbocycles. The first kappa shape index (κ1) is 18.6. The van der Waals surface area contributed by atoms with E-state index < -0.39 is 18.3 Å². The maximum Gasteiger partial charge on any atom is 0.494 e. The third-order valence-electron chi connectivity index (χ3n) is 5.32. The second kappa shape index (κ2) is 6.14. The number of phenols is 1. The number of hydrogen-bond donors (Lipinski definition) is 1. The van der Waals surface area contributed by atoms with Crippen molar-refractivity contribution in [2.75, 3.05) is 0 Å². The number of halogens is 2. The van der Waals surface area contributed by atoms with Crippen LogP contribution in [0.15, 0.2) is 36.4 Å². The molecular formula is C19H19BCl2N2O3. The fraction of sp³-hybridized carbons (Fsp3) is 0.316. The van der Waals surface area contributed by atoms with E-state index in [1.54, 1.807) is 28.9 Å². The first-order chi connectivity index (χ1) is 12.6. The van der Waals surface area contributed by atoms with Crippen molar-refractivity contribution in [3.63, 3.8) is 0 Å². The van der Waals surface area contributed by atoms with E-state index in [4.69, 9.17) is 32.5 Å². The SMILES string of the molecule is CC1(C)OB(c2ccc(-n3nc4ccc(O)cc4c3Cl)c(Cl)c2)OC1(C)C. The molecule has 27 heavy (non-hydrogen) atoms. The van der Waals surface area contributed by atoms with E-state index in [0.29, 0.717) is 26.8 Å². The van der Waals surface area contributed by atoms with Gasteiger partial charge in [0.05, 0.1) is 27.4 Å². The molecule has 5 nitrogen and oxygen atoms in total. The maximum absolute atomic E-state index is 9.68. The van der Waals surface area contributed by atoms with Gasteiger partial charge in [-0.2, -0.15) is 5.10 Å². The Labute approximate surface area is 167 Å². The van der Waals surface area contributed by atoms with Gasteiger partial charge in [0, 0.05) is 5.39 Å². The molecular weight excluding hydrogens is 386 g/mol. The molecule has 0 radical (unpaired) electrons. The molecule has 1 fully saturated rings. The molecule has 1 aliphatic heterocycles. The van der Waals surface area contributed by atoms with Gasteiger partial charge in [-0.05, 0) is 63.5 Å². The van der Waals surface area contributed by atoms with E-state index in [0.717, 1.165) is 5.46 Å². The van der Waals surface area contributed by atoms with Gasteiger partial charge in [-0.1, -0.05) is 29.3 Å². The molecule has 2 aromatic carbocycles. The quantitative estimate of drug-likeness (QED) is 0.645. The molecule has 1 N–H and O–H groups in total. The molecule has 140 valence electrons. The summed E-state index contributed by atoms with van der Waals surface area (Å²) in [6.07, 6.45) is 0. The van der Waals surface area contributed by atoms with E-state index in [9.17, 15) is 5.11 Å². The van der Waals surface area contributed by atoms with Crippen LogP contribution in [-0.2, 0) is 9.31 Å². The summed E-state index contributed by atoms with van der Waals surface area (Å²) in [7, 11) is -0.495. The fourth-order valence-electron chi connectivity index (χ4n) is 3.02. The lowest BCUT2D eigenvalue weighted by molar-refractivity contribution is 0.00578. The summed E-state index contributed by atoms with van der Waals surface area (Å²) >= 11 is 13.0. The number of fused-ring (bicyclic) bond motifs is 1. The minimum Gasteiger partial charge on any atom is -0.508 e. The highest BCUT2D eigenvalue weighted by atomic mass is 35.5. The number of nitrogens with zero attached hydrogens (tertiary/aromatic N) is 2. The summed E-state index contributed by atoms with van der Waals surface area (Å²) in [4.78, 5) is 0. The Bertz CT molecular complexity index is 1030. The largest absolute Gasteiger partial charge is 0.508 e. The van der Waals surface area contributed by atoms with Crippen molar-refractivity contribution in [3.8, 4) is 11.4 Å². The van der Waals surface area contributed by atoms with Crippen molar-refractivity contribution in [2.24, 2.45) is 0 Å². The molecule has 3 aromatic rings. The van der Waals surface area contributed by atoms with E-state index in [-0.39, 0.29) is 5.75 Å². The highest BCUT2D eigenvalue weighted by Crippen LogP contribution is 2.37. The van der Waals surface area contributed by atoms with Gasteiger partial charge in [0.15, 0.2) is 0 Å². The second-order valence-electron chi connectivity index (χ2n) is 7.70. The third-order valence-corrected chi connectivity index (χ3v) is 5.99. The van der Waals surface area contributed by atoms with Crippen molar-refractivity contribution >= 4 is 46.7 Å². The lowest BCUT2D eigenvalue weighted by Crippen LogP contribution is -2.41. The molecule has 0 amide bonds. The topological polar surface area (TPSA) is 56.5 Å². The van der Waals surface area contributed by atoms with Crippen LogP contribution in [0, 0.1) is 0 Å². The minimum atomic E-state index is -0.495. The summed E-state index contributed by atoms with van der Waals surface area (Å²) in [5.74, 6) is 0.131. The molecule has 0 atom stereocenters. The van der Waals surface area contributed by atoms with Gasteiger partial charge in [-0.25, -0.2) is 4.68 Å². The van der Waals surface area contributed by atoms with Crippen molar-refractivity contribution < 1.29 is 14.4 Å². The highest BCUT2D eigenvalue weighted by molar-refractivity contribution is 6.62. The van der Waals surface area contributed by atoms with Crippen LogP contribution in [0.4, 0.5) is 0 Å². The summed E-state index contributed by atoms with van der Waals surface area (Å²) in [5, 5.41) is 15.7. The fourth-order valence-corrected chi connectivity index (χ4v) is 3.57. The molecule has 0 unspecified atom stereocenters. The van der Waals surface area contributed by atoms with E-state index in [1.165, 1.54) is 0 Å². The van der Waals surface area contributed by atoms with Gasteiger partial charge in [-0.3, -0.25) is 0 Å². The van der Waals surface area contributed by atoms with Crippen molar-refractivity contribution in [3.05, 3.63) is 46.6 Å². The molecule has 4 rings (SSSR count). The lowest BCUT2D eigenvalue weighted by atomic mass is 9.79. The third kappa shape index (κ3) is 3.01. The Hall–Kier alpha value is -1.73. The van der Waals surface area contributed by atoms with Crippen molar-refractivity contribution in [1.82, 2.24) is 9.78 Å². The molecule has 2 heterocycles. The smallest absolute Gasteiger partial charge is 0.494 e. The van der Waals surface area contributed by atoms with E-state index in [2.05, 4.69) is 5.10 Å². The zero-order valence-electron chi connectivity index (χ0n) is 15.5. The van der Waals surface area contributed by atoms with Crippen LogP contribution in [0.3, 0.4) is 0 Å². The molecule has 8 heteroatoms. The Morgan fingerprint density at radius 1 is 1.00 bits per heavy atom. The first-order valence-electron chi connectivity index (χ1n) is 8.62. The Morgan fingerprint density at radius 2 is 1.67 bits per heavy atom. The molecule has 1 aliphatic rings. The van der Waals surface area contributed by atoms with E-state index >= 15 is 0 Å². The number of hydrogen-bond acceptors (Lipinski definition) is 4. The van der Waals surface area contributed by atoms with Gasteiger partial charge >= 0.3 is 7.12 Å². The summed E-state index contributed by atoms with van der Waals surface area (Å²) in [6.45, 7) is 8.03. The molecule has 1 aromatic heterocycles. The zero-order chi connectivity index (χ0) is 19.6. The first-order valence-corrected chi connectivity index (χ1v) is 9.37. The number of aromatic hydroxyl groups is 1. The van der Waals surface area contributed by atoms with Gasteiger partial charge in [0.25, 0.3) is 0 Å². The Kier molecular flexibility index (Phi) is 4.24. The Morgan fingerprint density at radius 3 is 2.30 bits per heavy atom. The van der Waals surface area contributed by atoms with Gasteiger partial charge in [0.2, 0.25) is 0 Å². The van der Waals surface area contributed by atoms with Crippen LogP contribution in [0.2, 0.25) is 10.2 Å². The molecule has 0 bridgehead atoms. The number of aromatic nitrogens is 2. The normalized spacial score (nSPS) is 18.4. The second-order valence-corrected chi connectivity index (χ2v) is 8.47. The van der Waals surface area contributed by atoms with Crippen LogP contribution in [0.1, 0.15) is 27.7 Å². The highest BCUT2D eigenvalue weighted by Gasteiger charge is 2.51. The van der Waals surface area contributed by atoms with Crippen molar-refractivity contribution in [2.45, 2.75) is 38.9 Å². The summed E-state index contributed by atoms with van der Waals surface area (Å²) in [5.41, 5.74) is 1.29. The summed E-state index contributed by atoms with van der Waals surface area (Å²) < 4.78 is 13.7. The zero-order valence-corrected chi connectivity index (χ0v) is 17.0. The average Bonchev–Trinajstić information content (AvgIpc) is 3.01. The van der Waals surface area contributed by atoms with Crippen LogP contribution in [0.25, 0.3) is 16.6 Å². The minimum absolute atomic E-state index is 0.131. The van der Waals surface area contributed by atoms with Crippen LogP contribution >= 0.6 is 23.2 Å². The van der Waals surface area contributed by atoms with Crippen LogP contribution in [-0.4, -0.2) is 33.2 Å². The Balaban J connectivity index is 1.72. The van der Waals surface area contributed by atoms with Crippen LogP contribution in [0.5, 0.6) is 5.75 Å². The molecule has 0 spiro atoms. The molecule has 1 saturated heterocycles. The average molecular weight is 405 g/mol. The van der Waals surface area contributed by atoms with Crippen molar-refractivity contribution in [1.29, 1.82) is 0 Å². The van der Waals surface area contributed by atoms with Gasteiger partial charge in [0.1, 0.15) is 10.9 Å². The number of benzene rings is 2. The number of phenolic OH excluding ortho intramolecular Hbond substituents is 1. The predicted molar refractivity (Wildman–Crippen MR) is 108 cm³/mol. The van der Waals surface area contributed by atoms with Crippen LogP contribution < -0.4 is 5.46 Å². The predicted octanol–water partition coefficient (Wildman–Crippen LogP) is 4.34. The standard InChI is InChI=1S/C19H19BCl2N2O3/c1-18(2)19(3,4)27-20(26-18)11-5-8-16(14(21)9-11)24-17(22)13-10-12(25)6-7-15(13)23-24/h5-10,25H,1-4H3. The molecule has 0 aliphatic carbocycles.